The molecule has 0 bridgehead atoms. The molecule has 22 heavy (non-hydrogen) atoms. The molecule has 1 unspecified atom stereocenters. The van der Waals surface area contributed by atoms with Crippen LogP contribution in [0.2, 0.25) is 0 Å². The van der Waals surface area contributed by atoms with E-state index >= 15 is 0 Å². The van der Waals surface area contributed by atoms with E-state index in [0.29, 0.717) is 12.5 Å². The number of carbonyl (C=O) groups is 1. The van der Waals surface area contributed by atoms with Gasteiger partial charge in [-0.05, 0) is 26.7 Å². The second-order valence-corrected chi connectivity index (χ2v) is 5.14. The number of rotatable bonds is 7. The molecule has 0 aliphatic rings. The van der Waals surface area contributed by atoms with E-state index in [0.717, 1.165) is 19.3 Å². The monoisotopic (exact) mass is 320 g/mol. The topological polar surface area (TPSA) is 46.5 Å². The number of ether oxygens (including phenoxy) is 1. The summed E-state index contributed by atoms with van der Waals surface area (Å²) < 4.78 is 42.8. The third-order valence-corrected chi connectivity index (χ3v) is 2.84. The van der Waals surface area contributed by atoms with Crippen molar-refractivity contribution < 1.29 is 27.8 Å². The van der Waals surface area contributed by atoms with Crippen molar-refractivity contribution in [3.8, 4) is 11.8 Å². The summed E-state index contributed by atoms with van der Waals surface area (Å²) in [4.78, 5) is 11.1. The number of unbranched alkanes of at least 4 members (excludes halogenated alkanes) is 3. The molecule has 0 fully saturated rings. The normalized spacial score (nSPS) is 14.8. The van der Waals surface area contributed by atoms with Crippen LogP contribution in [0.5, 0.6) is 0 Å². The molecule has 6 heteroatoms. The Kier molecular flexibility index (Phi) is 8.88. The van der Waals surface area contributed by atoms with E-state index in [2.05, 4.69) is 10.7 Å². The largest absolute Gasteiger partial charge is 0.463 e. The van der Waals surface area contributed by atoms with Gasteiger partial charge < -0.3 is 9.84 Å². The van der Waals surface area contributed by atoms with Gasteiger partial charge in [0.05, 0.1) is 6.61 Å². The lowest BCUT2D eigenvalue weighted by Gasteiger charge is -2.16. The van der Waals surface area contributed by atoms with Crippen molar-refractivity contribution in [1.82, 2.24) is 0 Å². The Labute approximate surface area is 129 Å². The number of alkyl halides is 3. The first kappa shape index (κ1) is 20.5. The molecule has 0 aromatic carbocycles. The molecule has 0 aliphatic carbocycles. The van der Waals surface area contributed by atoms with Gasteiger partial charge in [-0.2, -0.15) is 13.2 Å². The molecule has 0 aromatic rings. The molecule has 0 radical (unpaired) electrons. The Bertz CT molecular complexity index is 440. The molecule has 1 N–H and O–H groups in total. The van der Waals surface area contributed by atoms with Crippen LogP contribution in [0.3, 0.4) is 0 Å². The summed E-state index contributed by atoms with van der Waals surface area (Å²) in [5.74, 6) is 2.96. The Balaban J connectivity index is 4.98. The fourth-order valence-corrected chi connectivity index (χ4v) is 1.65. The van der Waals surface area contributed by atoms with Gasteiger partial charge in [-0.1, -0.05) is 38.0 Å². The van der Waals surface area contributed by atoms with Crippen molar-refractivity contribution in [3.63, 3.8) is 0 Å². The maximum Gasteiger partial charge on any atom is 0.424 e. The predicted octanol–water partition coefficient (Wildman–Crippen LogP) is 3.76. The van der Waals surface area contributed by atoms with Crippen molar-refractivity contribution in [2.45, 2.75) is 64.7 Å². The highest BCUT2D eigenvalue weighted by atomic mass is 19.4. The summed E-state index contributed by atoms with van der Waals surface area (Å²) in [5.41, 5.74) is -2.84. The van der Waals surface area contributed by atoms with Crippen LogP contribution in [-0.4, -0.2) is 29.5 Å². The highest BCUT2D eigenvalue weighted by Crippen LogP contribution is 2.25. The van der Waals surface area contributed by atoms with Crippen LogP contribution in [0.1, 0.15) is 52.9 Å². The lowest BCUT2D eigenvalue weighted by atomic mass is 9.98. The second-order valence-electron chi connectivity index (χ2n) is 5.14. The molecular weight excluding hydrogens is 297 g/mol. The first-order valence-corrected chi connectivity index (χ1v) is 7.33. The lowest BCUT2D eigenvalue weighted by molar-refractivity contribution is -0.138. The molecular formula is C16H23F3O3. The van der Waals surface area contributed by atoms with Gasteiger partial charge in [-0.15, -0.1) is 0 Å². The van der Waals surface area contributed by atoms with Crippen LogP contribution in [0.4, 0.5) is 13.2 Å². The standard InChI is InChI=1S/C16H23F3O3/c1-4-6-7-8-10-15(3,21)11-9-13(16(17,18)19)12-14(20)22-5-2/h12,21H,4-8,10H2,1-3H3/b13-12+. The predicted molar refractivity (Wildman–Crippen MR) is 77.9 cm³/mol. The van der Waals surface area contributed by atoms with E-state index in [1.807, 2.05) is 12.8 Å². The van der Waals surface area contributed by atoms with Crippen molar-refractivity contribution in [1.29, 1.82) is 0 Å². The molecule has 3 nitrogen and oxygen atoms in total. The number of hydrogen-bond acceptors (Lipinski definition) is 3. The van der Waals surface area contributed by atoms with E-state index in [-0.39, 0.29) is 13.0 Å². The number of hydrogen-bond donors (Lipinski definition) is 1. The molecule has 126 valence electrons. The van der Waals surface area contributed by atoms with Crippen LogP contribution >= 0.6 is 0 Å². The van der Waals surface area contributed by atoms with Gasteiger partial charge >= 0.3 is 12.1 Å². The summed E-state index contributed by atoms with van der Waals surface area (Å²) >= 11 is 0. The SMILES string of the molecule is CCCCCCC(C)(O)C#C/C(=C\C(=O)OCC)C(F)(F)F. The number of carbonyl (C=O) groups excluding carboxylic acids is 1. The van der Waals surface area contributed by atoms with Crippen molar-refractivity contribution in [2.24, 2.45) is 0 Å². The zero-order valence-electron chi connectivity index (χ0n) is 13.2. The minimum atomic E-state index is -4.77. The van der Waals surface area contributed by atoms with Crippen LogP contribution in [-0.2, 0) is 9.53 Å². The van der Waals surface area contributed by atoms with Gasteiger partial charge in [0.25, 0.3) is 0 Å². The molecule has 0 saturated carbocycles. The Morgan fingerprint density at radius 3 is 2.36 bits per heavy atom. The number of allylic oxidation sites excluding steroid dienone is 1. The van der Waals surface area contributed by atoms with Gasteiger partial charge in [0.1, 0.15) is 11.2 Å². The molecule has 0 spiro atoms. The second kappa shape index (κ2) is 9.52. The van der Waals surface area contributed by atoms with Crippen molar-refractivity contribution >= 4 is 5.97 Å². The Hall–Kier alpha value is -1.48. The van der Waals surface area contributed by atoms with Crippen LogP contribution < -0.4 is 0 Å². The highest BCUT2D eigenvalue weighted by molar-refractivity contribution is 5.84. The number of halogens is 3. The van der Waals surface area contributed by atoms with E-state index in [1.54, 1.807) is 0 Å². The summed E-state index contributed by atoms with van der Waals surface area (Å²) in [7, 11) is 0. The molecule has 0 rings (SSSR count). The zero-order valence-corrected chi connectivity index (χ0v) is 13.2. The Morgan fingerprint density at radius 1 is 1.23 bits per heavy atom. The number of esters is 1. The third kappa shape index (κ3) is 9.46. The van der Waals surface area contributed by atoms with Crippen LogP contribution in [0.25, 0.3) is 0 Å². The molecule has 0 saturated heterocycles. The first-order valence-electron chi connectivity index (χ1n) is 7.33. The maximum absolute atomic E-state index is 12.8. The van der Waals surface area contributed by atoms with Gasteiger partial charge in [-0.25, -0.2) is 4.79 Å². The molecule has 0 aromatic heterocycles. The summed E-state index contributed by atoms with van der Waals surface area (Å²) in [6, 6.07) is 0. The lowest BCUT2D eigenvalue weighted by Crippen LogP contribution is -2.22. The molecule has 1 atom stereocenters. The summed E-state index contributed by atoms with van der Waals surface area (Å²) in [6.07, 6.45) is -0.585. The van der Waals surface area contributed by atoms with E-state index in [1.165, 1.54) is 13.8 Å². The first-order chi connectivity index (χ1) is 10.1. The molecule has 0 aliphatic heterocycles. The van der Waals surface area contributed by atoms with Crippen molar-refractivity contribution in [3.05, 3.63) is 11.6 Å². The summed E-state index contributed by atoms with van der Waals surface area (Å²) in [6.45, 7) is 4.87. The molecule has 0 amide bonds. The van der Waals surface area contributed by atoms with E-state index in [9.17, 15) is 23.1 Å². The van der Waals surface area contributed by atoms with E-state index in [4.69, 9.17) is 0 Å². The fourth-order valence-electron chi connectivity index (χ4n) is 1.65. The fraction of sp³-hybridized carbons (Fsp3) is 0.688. The van der Waals surface area contributed by atoms with Gasteiger partial charge in [0.15, 0.2) is 0 Å². The third-order valence-electron chi connectivity index (χ3n) is 2.84. The molecule has 0 heterocycles. The van der Waals surface area contributed by atoms with Crippen LogP contribution in [0.15, 0.2) is 11.6 Å². The highest BCUT2D eigenvalue weighted by Gasteiger charge is 2.34. The minimum Gasteiger partial charge on any atom is -0.463 e. The minimum absolute atomic E-state index is 0.0248. The van der Waals surface area contributed by atoms with Gasteiger partial charge in [0, 0.05) is 6.08 Å². The van der Waals surface area contributed by atoms with Gasteiger partial charge in [0.2, 0.25) is 0 Å². The average Bonchev–Trinajstić information content (AvgIpc) is 2.38. The van der Waals surface area contributed by atoms with Crippen molar-refractivity contribution in [2.75, 3.05) is 6.61 Å². The zero-order chi connectivity index (χ0) is 17.2. The average molecular weight is 320 g/mol. The van der Waals surface area contributed by atoms with E-state index < -0.39 is 23.3 Å². The van der Waals surface area contributed by atoms with Gasteiger partial charge in [-0.3, -0.25) is 0 Å². The Morgan fingerprint density at radius 2 is 1.86 bits per heavy atom. The number of aliphatic hydroxyl groups is 1. The quantitative estimate of drug-likeness (QED) is 0.336. The van der Waals surface area contributed by atoms with Crippen LogP contribution in [0, 0.1) is 11.8 Å². The smallest absolute Gasteiger partial charge is 0.424 e. The summed E-state index contributed by atoms with van der Waals surface area (Å²) in [5, 5.41) is 9.98. The maximum atomic E-state index is 12.8.